The van der Waals surface area contributed by atoms with E-state index in [1.54, 1.807) is 11.3 Å². The predicted octanol–water partition coefficient (Wildman–Crippen LogP) is 4.09. The highest BCUT2D eigenvalue weighted by molar-refractivity contribution is 7.10. The summed E-state index contributed by atoms with van der Waals surface area (Å²) < 4.78 is 5.31. The molecule has 0 saturated heterocycles. The largest absolute Gasteiger partial charge is 0.444 e. The second-order valence-electron chi connectivity index (χ2n) is 7.31. The lowest BCUT2D eigenvalue weighted by Crippen LogP contribution is -2.55. The van der Waals surface area contributed by atoms with Gasteiger partial charge in [0.05, 0.1) is 0 Å². The molecular formula is C17H30N2O2S. The summed E-state index contributed by atoms with van der Waals surface area (Å²) in [7, 11) is 0. The summed E-state index contributed by atoms with van der Waals surface area (Å²) in [6, 6.07) is 2.13. The molecule has 0 aliphatic rings. The molecule has 1 aromatic heterocycles. The van der Waals surface area contributed by atoms with E-state index in [0.29, 0.717) is 12.5 Å². The Kier molecular flexibility index (Phi) is 6.44. The molecule has 1 rings (SSSR count). The van der Waals surface area contributed by atoms with Gasteiger partial charge in [0.2, 0.25) is 0 Å². The normalized spacial score (nSPS) is 14.7. The fourth-order valence-electron chi connectivity index (χ4n) is 1.91. The first kappa shape index (κ1) is 19.0. The monoisotopic (exact) mass is 326 g/mol. The molecule has 1 atom stereocenters. The van der Waals surface area contributed by atoms with Gasteiger partial charge in [0.1, 0.15) is 5.60 Å². The van der Waals surface area contributed by atoms with Crippen molar-refractivity contribution in [2.24, 2.45) is 5.92 Å². The van der Waals surface area contributed by atoms with Gasteiger partial charge in [-0.25, -0.2) is 4.79 Å². The molecule has 0 aliphatic carbocycles. The summed E-state index contributed by atoms with van der Waals surface area (Å²) in [5.41, 5.74) is 0.649. The van der Waals surface area contributed by atoms with Crippen molar-refractivity contribution < 1.29 is 9.53 Å². The molecule has 2 N–H and O–H groups in total. The maximum absolute atomic E-state index is 11.9. The third-order valence-corrected chi connectivity index (χ3v) is 4.92. The minimum atomic E-state index is -0.472. The Morgan fingerprint density at radius 3 is 2.41 bits per heavy atom. The van der Waals surface area contributed by atoms with Crippen LogP contribution in [0.15, 0.2) is 11.4 Å². The van der Waals surface area contributed by atoms with Crippen molar-refractivity contribution in [2.45, 2.75) is 66.2 Å². The summed E-state index contributed by atoms with van der Waals surface area (Å²) in [4.78, 5) is 13.2. The number of rotatable bonds is 6. The predicted molar refractivity (Wildman–Crippen MR) is 93.4 cm³/mol. The summed E-state index contributed by atoms with van der Waals surface area (Å²) in [5, 5.41) is 8.59. The quantitative estimate of drug-likeness (QED) is 0.828. The minimum Gasteiger partial charge on any atom is -0.444 e. The van der Waals surface area contributed by atoms with Crippen LogP contribution in [0.25, 0.3) is 0 Å². The zero-order valence-electron chi connectivity index (χ0n) is 14.9. The second-order valence-corrected chi connectivity index (χ2v) is 8.31. The number of alkyl carbamates (subject to hydrolysis) is 1. The second kappa shape index (κ2) is 7.47. The Balaban J connectivity index is 2.59. The minimum absolute atomic E-state index is 0.187. The summed E-state index contributed by atoms with van der Waals surface area (Å²) >= 11 is 1.76. The third kappa shape index (κ3) is 5.97. The van der Waals surface area contributed by atoms with Gasteiger partial charge in [-0.2, -0.15) is 0 Å². The smallest absolute Gasteiger partial charge is 0.407 e. The number of carbonyl (C=O) groups is 1. The van der Waals surface area contributed by atoms with Crippen LogP contribution in [0.4, 0.5) is 4.79 Å². The lowest BCUT2D eigenvalue weighted by atomic mass is 9.88. The van der Waals surface area contributed by atoms with Crippen LogP contribution >= 0.6 is 11.3 Å². The van der Waals surface area contributed by atoms with Crippen LogP contribution in [-0.2, 0) is 11.3 Å². The van der Waals surface area contributed by atoms with Crippen molar-refractivity contribution in [3.8, 4) is 0 Å². The van der Waals surface area contributed by atoms with Gasteiger partial charge in [-0.05, 0) is 57.5 Å². The highest BCUT2D eigenvalue weighted by Crippen LogP contribution is 2.20. The third-order valence-electron chi connectivity index (χ3n) is 3.89. The molecule has 0 spiro atoms. The zero-order valence-corrected chi connectivity index (χ0v) is 15.7. The van der Waals surface area contributed by atoms with Crippen LogP contribution in [-0.4, -0.2) is 23.8 Å². The van der Waals surface area contributed by atoms with Crippen LogP contribution in [0.1, 0.15) is 52.0 Å². The van der Waals surface area contributed by atoms with Crippen LogP contribution in [0.3, 0.4) is 0 Å². The summed E-state index contributed by atoms with van der Waals surface area (Å²) in [6.07, 6.45) is -0.367. The number of aryl methyl sites for hydroxylation is 1. The molecule has 1 unspecified atom stereocenters. The molecule has 1 aromatic rings. The molecule has 1 amide bonds. The van der Waals surface area contributed by atoms with Crippen LogP contribution < -0.4 is 10.6 Å². The maximum Gasteiger partial charge on any atom is 0.407 e. The molecular weight excluding hydrogens is 296 g/mol. The molecule has 0 radical (unpaired) electrons. The van der Waals surface area contributed by atoms with E-state index in [1.807, 2.05) is 20.8 Å². The van der Waals surface area contributed by atoms with Crippen molar-refractivity contribution in [3.63, 3.8) is 0 Å². The molecule has 22 heavy (non-hydrogen) atoms. The van der Waals surface area contributed by atoms with Crippen molar-refractivity contribution in [1.29, 1.82) is 0 Å². The van der Waals surface area contributed by atoms with Gasteiger partial charge >= 0.3 is 6.09 Å². The molecule has 0 bridgehead atoms. The van der Waals surface area contributed by atoms with Gasteiger partial charge in [-0.3, -0.25) is 0 Å². The van der Waals surface area contributed by atoms with Crippen molar-refractivity contribution in [1.82, 2.24) is 10.6 Å². The van der Waals surface area contributed by atoms with E-state index in [9.17, 15) is 4.79 Å². The van der Waals surface area contributed by atoms with Crippen molar-refractivity contribution in [2.75, 3.05) is 6.54 Å². The Bertz CT molecular complexity index is 491. The Labute approximate surface area is 138 Å². The molecule has 1 heterocycles. The highest BCUT2D eigenvalue weighted by atomic mass is 32.1. The Morgan fingerprint density at radius 2 is 1.95 bits per heavy atom. The van der Waals surface area contributed by atoms with E-state index in [2.05, 4.69) is 49.8 Å². The van der Waals surface area contributed by atoms with Crippen LogP contribution in [0.2, 0.25) is 0 Å². The van der Waals surface area contributed by atoms with Gasteiger partial charge < -0.3 is 15.4 Å². The summed E-state index contributed by atoms with van der Waals surface area (Å²) in [5.74, 6) is 0.378. The van der Waals surface area contributed by atoms with E-state index in [0.717, 1.165) is 6.54 Å². The number of hydrogen-bond donors (Lipinski definition) is 2. The lowest BCUT2D eigenvalue weighted by Gasteiger charge is -2.35. The van der Waals surface area contributed by atoms with Gasteiger partial charge in [0, 0.05) is 23.5 Å². The average Bonchev–Trinajstić information content (AvgIpc) is 2.77. The average molecular weight is 327 g/mol. The molecule has 0 saturated carbocycles. The first-order chi connectivity index (χ1) is 10.0. The number of amides is 1. The Hall–Kier alpha value is -1.07. The molecule has 4 nitrogen and oxygen atoms in total. The first-order valence-corrected chi connectivity index (χ1v) is 8.66. The van der Waals surface area contributed by atoms with Gasteiger partial charge in [-0.1, -0.05) is 13.8 Å². The topological polar surface area (TPSA) is 50.4 Å². The van der Waals surface area contributed by atoms with Crippen LogP contribution in [0.5, 0.6) is 0 Å². The highest BCUT2D eigenvalue weighted by Gasteiger charge is 2.29. The standard InChI is InChI=1S/C17H30N2O2S/c1-12(2)17(7,11-18-15(20)21-16(4,5)6)19-10-14-13(3)8-9-22-14/h8-9,12,19H,10-11H2,1-7H3,(H,18,20). The molecule has 0 fully saturated rings. The molecule has 0 aromatic carbocycles. The number of carbonyl (C=O) groups excluding carboxylic acids is 1. The van der Waals surface area contributed by atoms with E-state index < -0.39 is 5.60 Å². The fourth-order valence-corrected chi connectivity index (χ4v) is 2.75. The number of hydrogen-bond acceptors (Lipinski definition) is 4. The zero-order chi connectivity index (χ0) is 17.0. The van der Waals surface area contributed by atoms with E-state index in [4.69, 9.17) is 4.74 Å². The van der Waals surface area contributed by atoms with E-state index >= 15 is 0 Å². The molecule has 126 valence electrons. The fraction of sp³-hybridized carbons (Fsp3) is 0.706. The van der Waals surface area contributed by atoms with Crippen LogP contribution in [0, 0.1) is 12.8 Å². The first-order valence-electron chi connectivity index (χ1n) is 7.78. The van der Waals surface area contributed by atoms with E-state index in [1.165, 1.54) is 10.4 Å². The van der Waals surface area contributed by atoms with E-state index in [-0.39, 0.29) is 11.6 Å². The van der Waals surface area contributed by atoms with Crippen molar-refractivity contribution >= 4 is 17.4 Å². The van der Waals surface area contributed by atoms with Gasteiger partial charge in [0.15, 0.2) is 0 Å². The van der Waals surface area contributed by atoms with Gasteiger partial charge in [0.25, 0.3) is 0 Å². The lowest BCUT2D eigenvalue weighted by molar-refractivity contribution is 0.0503. The van der Waals surface area contributed by atoms with Crippen molar-refractivity contribution in [3.05, 3.63) is 21.9 Å². The molecule has 5 heteroatoms. The maximum atomic E-state index is 11.9. The SMILES string of the molecule is Cc1ccsc1CNC(C)(CNC(=O)OC(C)(C)C)C(C)C. The number of ether oxygens (including phenoxy) is 1. The number of thiophene rings is 1. The van der Waals surface area contributed by atoms with Gasteiger partial charge in [-0.15, -0.1) is 11.3 Å². The Morgan fingerprint density at radius 1 is 1.32 bits per heavy atom. The summed E-state index contributed by atoms with van der Waals surface area (Å²) in [6.45, 7) is 15.5. The number of nitrogens with one attached hydrogen (secondary N) is 2. The molecule has 0 aliphatic heterocycles.